The molecule has 0 aliphatic rings. The van der Waals surface area contributed by atoms with Gasteiger partial charge in [-0.3, -0.25) is 0 Å². The van der Waals surface area contributed by atoms with Gasteiger partial charge in [-0.25, -0.2) is 0 Å². The highest BCUT2D eigenvalue weighted by Crippen LogP contribution is 2.26. The van der Waals surface area contributed by atoms with Crippen LogP contribution in [0, 0.1) is 0 Å². The van der Waals surface area contributed by atoms with Gasteiger partial charge in [0.25, 0.3) is 0 Å². The van der Waals surface area contributed by atoms with E-state index in [2.05, 4.69) is 21.1 Å². The van der Waals surface area contributed by atoms with Crippen molar-refractivity contribution in [3.8, 4) is 5.75 Å². The summed E-state index contributed by atoms with van der Waals surface area (Å²) in [7, 11) is 0. The Kier molecular flexibility index (Phi) is 6.53. The molecule has 0 spiro atoms. The van der Waals surface area contributed by atoms with E-state index in [1.54, 1.807) is 18.2 Å². The number of ether oxygens (including phenoxy) is 1. The summed E-state index contributed by atoms with van der Waals surface area (Å²) in [6.45, 7) is 0.819. The second kappa shape index (κ2) is 7.94. The first kappa shape index (κ1) is 14.8. The third-order valence-electron chi connectivity index (χ3n) is 2.40. The van der Waals surface area contributed by atoms with Gasteiger partial charge in [-0.05, 0) is 53.4 Å². The summed E-state index contributed by atoms with van der Waals surface area (Å²) in [4.78, 5) is 0. The van der Waals surface area contributed by atoms with Gasteiger partial charge >= 0.3 is 0 Å². The van der Waals surface area contributed by atoms with Gasteiger partial charge < -0.3 is 20.8 Å². The van der Waals surface area contributed by atoms with Crippen LogP contribution in [-0.2, 0) is 0 Å². The summed E-state index contributed by atoms with van der Waals surface area (Å²) in [5.74, 6) is 0.777. The number of unbranched alkanes of at least 4 members (excludes halogenated alkanes) is 2. The minimum atomic E-state index is 0.0604. The quantitative estimate of drug-likeness (QED) is 0.236. The van der Waals surface area contributed by atoms with Crippen molar-refractivity contribution in [2.75, 3.05) is 13.2 Å². The molecule has 0 saturated carbocycles. The Morgan fingerprint density at radius 2 is 2.11 bits per heavy atom. The van der Waals surface area contributed by atoms with E-state index in [1.807, 2.05) is 0 Å². The monoisotopic (exact) mass is 316 g/mol. The zero-order chi connectivity index (χ0) is 13.4. The average Bonchev–Trinajstić information content (AvgIpc) is 2.39. The fourth-order valence-electron chi connectivity index (χ4n) is 1.41. The van der Waals surface area contributed by atoms with Gasteiger partial charge in [0.05, 0.1) is 11.1 Å². The molecule has 5 nitrogen and oxygen atoms in total. The van der Waals surface area contributed by atoms with Crippen LogP contribution in [0.5, 0.6) is 5.75 Å². The number of hydrogen-bond donors (Lipinski definition) is 3. The van der Waals surface area contributed by atoms with Crippen LogP contribution in [0.4, 0.5) is 0 Å². The Bertz CT molecular complexity index is 410. The summed E-state index contributed by atoms with van der Waals surface area (Å²) >= 11 is 3.37. The lowest BCUT2D eigenvalue weighted by Crippen LogP contribution is -2.13. The molecule has 0 aliphatic heterocycles. The first-order chi connectivity index (χ1) is 8.69. The van der Waals surface area contributed by atoms with Crippen LogP contribution in [-0.4, -0.2) is 29.4 Å². The van der Waals surface area contributed by atoms with E-state index in [4.69, 9.17) is 20.8 Å². The predicted molar refractivity (Wildman–Crippen MR) is 73.1 cm³/mol. The Labute approximate surface area is 114 Å². The van der Waals surface area contributed by atoms with E-state index in [9.17, 15) is 0 Å². The van der Waals surface area contributed by atoms with Gasteiger partial charge in [-0.2, -0.15) is 0 Å². The molecule has 1 aromatic rings. The molecule has 100 valence electrons. The van der Waals surface area contributed by atoms with Gasteiger partial charge in [0.15, 0.2) is 5.84 Å². The minimum absolute atomic E-state index is 0.0604. The number of benzene rings is 1. The van der Waals surface area contributed by atoms with Crippen molar-refractivity contribution in [3.63, 3.8) is 0 Å². The SMILES string of the molecule is N/C(=N/O)c1ccc(OCCCCCO)c(Br)c1. The van der Waals surface area contributed by atoms with Crippen LogP contribution in [0.1, 0.15) is 24.8 Å². The summed E-state index contributed by atoms with van der Waals surface area (Å²) in [6.07, 6.45) is 2.64. The van der Waals surface area contributed by atoms with Gasteiger partial charge in [0, 0.05) is 12.2 Å². The molecule has 18 heavy (non-hydrogen) atoms. The maximum absolute atomic E-state index is 8.64. The molecule has 0 unspecified atom stereocenters. The van der Waals surface area contributed by atoms with Crippen molar-refractivity contribution in [2.45, 2.75) is 19.3 Å². The number of nitrogens with zero attached hydrogens (tertiary/aromatic N) is 1. The lowest BCUT2D eigenvalue weighted by atomic mass is 10.2. The van der Waals surface area contributed by atoms with E-state index in [-0.39, 0.29) is 12.4 Å². The maximum Gasteiger partial charge on any atom is 0.170 e. The van der Waals surface area contributed by atoms with Crippen molar-refractivity contribution < 1.29 is 15.1 Å². The van der Waals surface area contributed by atoms with E-state index < -0.39 is 0 Å². The molecular formula is C12H17BrN2O3. The lowest BCUT2D eigenvalue weighted by molar-refractivity contribution is 0.265. The lowest BCUT2D eigenvalue weighted by Gasteiger charge is -2.09. The van der Waals surface area contributed by atoms with Crippen LogP contribution in [0.15, 0.2) is 27.8 Å². The van der Waals surface area contributed by atoms with Gasteiger partial charge in [-0.15, -0.1) is 0 Å². The van der Waals surface area contributed by atoms with Crippen molar-refractivity contribution in [1.82, 2.24) is 0 Å². The number of halogens is 1. The van der Waals surface area contributed by atoms with E-state index in [0.29, 0.717) is 17.9 Å². The van der Waals surface area contributed by atoms with Crippen LogP contribution in [0.3, 0.4) is 0 Å². The molecule has 0 atom stereocenters. The Morgan fingerprint density at radius 3 is 2.72 bits per heavy atom. The van der Waals surface area contributed by atoms with E-state index in [1.165, 1.54) is 0 Å². The number of aliphatic hydroxyl groups excluding tert-OH is 1. The highest BCUT2D eigenvalue weighted by molar-refractivity contribution is 9.10. The Morgan fingerprint density at radius 1 is 1.33 bits per heavy atom. The van der Waals surface area contributed by atoms with Gasteiger partial charge in [0.2, 0.25) is 0 Å². The molecule has 0 fully saturated rings. The third kappa shape index (κ3) is 4.54. The van der Waals surface area contributed by atoms with E-state index >= 15 is 0 Å². The number of rotatable bonds is 7. The largest absolute Gasteiger partial charge is 0.492 e. The van der Waals surface area contributed by atoms with Crippen molar-refractivity contribution >= 4 is 21.8 Å². The minimum Gasteiger partial charge on any atom is -0.492 e. The summed E-state index contributed by atoms with van der Waals surface area (Å²) in [5, 5.41) is 20.1. The van der Waals surface area contributed by atoms with Gasteiger partial charge in [0.1, 0.15) is 5.75 Å². The first-order valence-corrected chi connectivity index (χ1v) is 6.49. The Balaban J connectivity index is 2.52. The summed E-state index contributed by atoms with van der Waals surface area (Å²) in [6, 6.07) is 5.23. The fourth-order valence-corrected chi connectivity index (χ4v) is 1.90. The number of oxime groups is 1. The molecule has 0 amide bonds. The van der Waals surface area contributed by atoms with Crippen molar-refractivity contribution in [3.05, 3.63) is 28.2 Å². The van der Waals surface area contributed by atoms with Crippen LogP contribution in [0.25, 0.3) is 0 Å². The molecule has 1 aromatic carbocycles. The maximum atomic E-state index is 8.64. The molecule has 0 aromatic heterocycles. The first-order valence-electron chi connectivity index (χ1n) is 5.70. The molecule has 6 heteroatoms. The predicted octanol–water partition coefficient (Wildman–Crippen LogP) is 2.08. The van der Waals surface area contributed by atoms with Crippen molar-refractivity contribution in [1.29, 1.82) is 0 Å². The van der Waals surface area contributed by atoms with Crippen LogP contribution in [0.2, 0.25) is 0 Å². The number of aliphatic hydroxyl groups is 1. The molecule has 0 heterocycles. The zero-order valence-electron chi connectivity index (χ0n) is 9.97. The highest BCUT2D eigenvalue weighted by atomic mass is 79.9. The molecule has 1 rings (SSSR count). The second-order valence-corrected chi connectivity index (χ2v) is 4.62. The molecule has 0 radical (unpaired) electrons. The molecule has 0 saturated heterocycles. The number of amidine groups is 1. The van der Waals surface area contributed by atoms with Crippen LogP contribution < -0.4 is 10.5 Å². The molecule has 0 bridgehead atoms. The fraction of sp³-hybridized carbons (Fsp3) is 0.417. The summed E-state index contributed by atoms with van der Waals surface area (Å²) in [5.41, 5.74) is 6.11. The average molecular weight is 317 g/mol. The second-order valence-electron chi connectivity index (χ2n) is 3.76. The number of hydrogen-bond acceptors (Lipinski definition) is 4. The zero-order valence-corrected chi connectivity index (χ0v) is 11.6. The topological polar surface area (TPSA) is 88.1 Å². The van der Waals surface area contributed by atoms with Crippen LogP contribution >= 0.6 is 15.9 Å². The number of nitrogens with two attached hydrogens (primary N) is 1. The van der Waals surface area contributed by atoms with Crippen molar-refractivity contribution in [2.24, 2.45) is 10.9 Å². The molecule has 4 N–H and O–H groups in total. The van der Waals surface area contributed by atoms with E-state index in [0.717, 1.165) is 23.7 Å². The van der Waals surface area contributed by atoms with Gasteiger partial charge in [-0.1, -0.05) is 5.16 Å². The third-order valence-corrected chi connectivity index (χ3v) is 3.02. The normalized spacial score (nSPS) is 11.6. The smallest absolute Gasteiger partial charge is 0.170 e. The standard InChI is InChI=1S/C12H17BrN2O3/c13-10-8-9(12(14)15-17)4-5-11(10)18-7-3-1-2-6-16/h4-5,8,16-17H,1-3,6-7H2,(H2,14,15). The molecular weight excluding hydrogens is 300 g/mol. The molecule has 0 aliphatic carbocycles. The Hall–Kier alpha value is -1.27. The summed E-state index contributed by atoms with van der Waals surface area (Å²) < 4.78 is 6.34. The highest BCUT2D eigenvalue weighted by Gasteiger charge is 2.05.